The fourth-order valence-corrected chi connectivity index (χ4v) is 0.418. The molecule has 2 nitrogen and oxygen atoms in total. The molecule has 3 heteroatoms. The molecule has 0 atom stereocenters. The number of hydrogen-bond acceptors (Lipinski definition) is 2. The molecule has 0 rings (SSSR count). The van der Waals surface area contributed by atoms with Crippen molar-refractivity contribution in [2.45, 2.75) is 13.8 Å². The van der Waals surface area contributed by atoms with Gasteiger partial charge in [-0.15, -0.1) is 6.58 Å². The predicted octanol–water partition coefficient (Wildman–Crippen LogP) is 1.94. The molecule has 0 aromatic rings. The first-order valence-corrected chi connectivity index (χ1v) is 3.45. The molecule has 0 N–H and O–H groups in total. The number of ether oxygens (including phenoxy) is 1. The fourth-order valence-electron chi connectivity index (χ4n) is 0.319. The SMILES string of the molecule is C=CC(C)(C)C(=O)OCCl. The summed E-state index contributed by atoms with van der Waals surface area (Å²) < 4.78 is 4.55. The Kier molecular flexibility index (Phi) is 3.43. The van der Waals surface area contributed by atoms with E-state index in [9.17, 15) is 4.79 Å². The predicted molar refractivity (Wildman–Crippen MR) is 40.8 cm³/mol. The summed E-state index contributed by atoms with van der Waals surface area (Å²) in [4.78, 5) is 10.9. The Balaban J connectivity index is 4.04. The van der Waals surface area contributed by atoms with Crippen LogP contribution in [0.25, 0.3) is 0 Å². The van der Waals surface area contributed by atoms with Crippen LogP contribution in [0.1, 0.15) is 13.8 Å². The van der Waals surface area contributed by atoms with Gasteiger partial charge < -0.3 is 4.74 Å². The molecular formula is C7H11ClO2. The molecule has 58 valence electrons. The monoisotopic (exact) mass is 162 g/mol. The standard InChI is InChI=1S/C7H11ClO2/c1-4-7(2,3)6(9)10-5-8/h4H,1,5H2,2-3H3. The van der Waals surface area contributed by atoms with E-state index in [0.717, 1.165) is 0 Å². The van der Waals surface area contributed by atoms with Crippen LogP contribution in [0, 0.1) is 5.41 Å². The van der Waals surface area contributed by atoms with Gasteiger partial charge >= 0.3 is 5.97 Å². The van der Waals surface area contributed by atoms with Crippen molar-refractivity contribution < 1.29 is 9.53 Å². The van der Waals surface area contributed by atoms with Gasteiger partial charge in [-0.05, 0) is 13.8 Å². The minimum atomic E-state index is -0.630. The number of halogens is 1. The third kappa shape index (κ3) is 2.40. The minimum absolute atomic E-state index is 0.101. The minimum Gasteiger partial charge on any atom is -0.449 e. The van der Waals surface area contributed by atoms with Gasteiger partial charge in [-0.25, -0.2) is 0 Å². The number of esters is 1. The summed E-state index contributed by atoms with van der Waals surface area (Å²) in [6.07, 6.45) is 1.53. The quantitative estimate of drug-likeness (QED) is 0.360. The molecule has 0 radical (unpaired) electrons. The lowest BCUT2D eigenvalue weighted by atomic mass is 9.94. The third-order valence-corrected chi connectivity index (χ3v) is 1.33. The molecule has 0 aromatic carbocycles. The van der Waals surface area contributed by atoms with Crippen molar-refractivity contribution in [1.82, 2.24) is 0 Å². The second-order valence-corrected chi connectivity index (χ2v) is 2.68. The van der Waals surface area contributed by atoms with Crippen LogP contribution in [0.2, 0.25) is 0 Å². The summed E-state index contributed by atoms with van der Waals surface area (Å²) >= 11 is 5.18. The highest BCUT2D eigenvalue weighted by molar-refractivity contribution is 6.17. The molecule has 0 saturated carbocycles. The number of alkyl halides is 1. The van der Waals surface area contributed by atoms with Crippen LogP contribution in [0.15, 0.2) is 12.7 Å². The van der Waals surface area contributed by atoms with E-state index in [1.165, 1.54) is 6.08 Å². The summed E-state index contributed by atoms with van der Waals surface area (Å²) in [6, 6.07) is -0.101. The van der Waals surface area contributed by atoms with Gasteiger partial charge in [0.05, 0.1) is 5.41 Å². The van der Waals surface area contributed by atoms with Crippen LogP contribution in [-0.4, -0.2) is 12.0 Å². The lowest BCUT2D eigenvalue weighted by Crippen LogP contribution is -2.23. The van der Waals surface area contributed by atoms with E-state index in [1.54, 1.807) is 13.8 Å². The zero-order valence-electron chi connectivity index (χ0n) is 6.19. The topological polar surface area (TPSA) is 26.3 Å². The highest BCUT2D eigenvalue weighted by Crippen LogP contribution is 2.17. The first kappa shape index (κ1) is 9.50. The molecular weight excluding hydrogens is 152 g/mol. The Morgan fingerprint density at radius 1 is 1.80 bits per heavy atom. The maximum absolute atomic E-state index is 10.9. The molecule has 0 saturated heterocycles. The van der Waals surface area contributed by atoms with E-state index in [4.69, 9.17) is 11.6 Å². The van der Waals surface area contributed by atoms with Gasteiger partial charge in [-0.2, -0.15) is 0 Å². The van der Waals surface area contributed by atoms with Crippen molar-refractivity contribution in [2.24, 2.45) is 5.41 Å². The van der Waals surface area contributed by atoms with Crippen molar-refractivity contribution in [3.8, 4) is 0 Å². The zero-order valence-corrected chi connectivity index (χ0v) is 6.94. The Bertz CT molecular complexity index is 141. The highest BCUT2D eigenvalue weighted by Gasteiger charge is 2.24. The number of rotatable bonds is 3. The Morgan fingerprint density at radius 2 is 2.30 bits per heavy atom. The summed E-state index contributed by atoms with van der Waals surface area (Å²) in [5.74, 6) is -0.350. The normalized spacial score (nSPS) is 10.7. The van der Waals surface area contributed by atoms with Gasteiger partial charge in [0.2, 0.25) is 0 Å². The van der Waals surface area contributed by atoms with Gasteiger partial charge in [0.1, 0.15) is 0 Å². The fraction of sp³-hybridized carbons (Fsp3) is 0.571. The molecule has 0 unspecified atom stereocenters. The van der Waals surface area contributed by atoms with Crippen molar-refractivity contribution in [3.63, 3.8) is 0 Å². The van der Waals surface area contributed by atoms with Crippen LogP contribution in [0.4, 0.5) is 0 Å². The van der Waals surface area contributed by atoms with Gasteiger partial charge in [0, 0.05) is 0 Å². The van der Waals surface area contributed by atoms with Crippen LogP contribution < -0.4 is 0 Å². The molecule has 0 spiro atoms. The number of carbonyl (C=O) groups excluding carboxylic acids is 1. The molecule has 0 aliphatic rings. The molecule has 0 aliphatic carbocycles. The van der Waals surface area contributed by atoms with Gasteiger partial charge in [-0.3, -0.25) is 4.79 Å². The van der Waals surface area contributed by atoms with Crippen LogP contribution in [0.3, 0.4) is 0 Å². The highest BCUT2D eigenvalue weighted by atomic mass is 35.5. The Labute approximate surface area is 65.8 Å². The van der Waals surface area contributed by atoms with Gasteiger partial charge in [0.25, 0.3) is 0 Å². The lowest BCUT2D eigenvalue weighted by molar-refractivity contribution is -0.149. The second kappa shape index (κ2) is 3.62. The van der Waals surface area contributed by atoms with Crippen LogP contribution >= 0.6 is 11.6 Å². The largest absolute Gasteiger partial charge is 0.449 e. The zero-order chi connectivity index (χ0) is 8.20. The lowest BCUT2D eigenvalue weighted by Gasteiger charge is -2.15. The molecule has 0 fully saturated rings. The smallest absolute Gasteiger partial charge is 0.316 e. The molecule has 0 amide bonds. The first-order chi connectivity index (χ1) is 4.54. The molecule has 0 bridgehead atoms. The summed E-state index contributed by atoms with van der Waals surface area (Å²) in [5, 5.41) is 0. The third-order valence-electron chi connectivity index (χ3n) is 1.22. The van der Waals surface area contributed by atoms with E-state index in [2.05, 4.69) is 11.3 Å². The Morgan fingerprint density at radius 3 is 2.60 bits per heavy atom. The summed E-state index contributed by atoms with van der Waals surface area (Å²) in [7, 11) is 0. The maximum Gasteiger partial charge on any atom is 0.316 e. The van der Waals surface area contributed by atoms with Crippen molar-refractivity contribution in [2.75, 3.05) is 6.07 Å². The van der Waals surface area contributed by atoms with Gasteiger partial charge in [-0.1, -0.05) is 17.7 Å². The second-order valence-electron chi connectivity index (χ2n) is 2.47. The van der Waals surface area contributed by atoms with Crippen LogP contribution in [-0.2, 0) is 9.53 Å². The van der Waals surface area contributed by atoms with E-state index in [0.29, 0.717) is 0 Å². The van der Waals surface area contributed by atoms with E-state index >= 15 is 0 Å². The van der Waals surface area contributed by atoms with Crippen molar-refractivity contribution in [1.29, 1.82) is 0 Å². The molecule has 0 aromatic heterocycles. The Hall–Kier alpha value is -0.500. The maximum atomic E-state index is 10.9. The van der Waals surface area contributed by atoms with Crippen molar-refractivity contribution >= 4 is 17.6 Å². The van der Waals surface area contributed by atoms with Gasteiger partial charge in [0.15, 0.2) is 6.07 Å². The average molecular weight is 163 g/mol. The summed E-state index contributed by atoms with van der Waals surface area (Å²) in [6.45, 7) is 6.93. The van der Waals surface area contributed by atoms with Crippen LogP contribution in [0.5, 0.6) is 0 Å². The molecule has 0 aliphatic heterocycles. The first-order valence-electron chi connectivity index (χ1n) is 2.91. The number of hydrogen-bond donors (Lipinski definition) is 0. The average Bonchev–Trinajstić information content (AvgIpc) is 1.89. The van der Waals surface area contributed by atoms with Crippen molar-refractivity contribution in [3.05, 3.63) is 12.7 Å². The van der Waals surface area contributed by atoms with E-state index < -0.39 is 5.41 Å². The summed E-state index contributed by atoms with van der Waals surface area (Å²) in [5.41, 5.74) is -0.630. The molecule has 0 heterocycles. The number of carbonyl (C=O) groups is 1. The molecule has 10 heavy (non-hydrogen) atoms. The van der Waals surface area contributed by atoms with E-state index in [1.807, 2.05) is 0 Å². The van der Waals surface area contributed by atoms with E-state index in [-0.39, 0.29) is 12.0 Å².